The summed E-state index contributed by atoms with van der Waals surface area (Å²) in [6, 6.07) is 7.16. The fraction of sp³-hybridized carbons (Fsp3) is 0.400. The van der Waals surface area contributed by atoms with Gasteiger partial charge in [0.2, 0.25) is 0 Å². The van der Waals surface area contributed by atoms with Crippen molar-refractivity contribution in [2.45, 2.75) is 44.7 Å². The number of aliphatic imine (C=N–C) groups is 1. The molecule has 182 valence electrons. The summed E-state index contributed by atoms with van der Waals surface area (Å²) >= 11 is 0. The van der Waals surface area contributed by atoms with Gasteiger partial charge < -0.3 is 14.5 Å². The summed E-state index contributed by atoms with van der Waals surface area (Å²) in [4.78, 5) is 23.1. The molecule has 0 spiro atoms. The van der Waals surface area contributed by atoms with E-state index in [1.807, 2.05) is 12.1 Å². The molecule has 1 saturated carbocycles. The van der Waals surface area contributed by atoms with Crippen LogP contribution in [0.5, 0.6) is 5.75 Å². The lowest BCUT2D eigenvalue weighted by molar-refractivity contribution is -0.161. The molecule has 0 unspecified atom stereocenters. The van der Waals surface area contributed by atoms with E-state index < -0.39 is 17.0 Å². The summed E-state index contributed by atoms with van der Waals surface area (Å²) in [5, 5.41) is 0. The van der Waals surface area contributed by atoms with Crippen LogP contribution in [0.4, 0.5) is 13.2 Å². The lowest BCUT2D eigenvalue weighted by Crippen LogP contribution is -2.32. The number of halogens is 3. The second kappa shape index (κ2) is 9.87. The van der Waals surface area contributed by atoms with Gasteiger partial charge in [-0.15, -0.1) is 0 Å². The van der Waals surface area contributed by atoms with Crippen molar-refractivity contribution in [1.29, 1.82) is 0 Å². The minimum Gasteiger partial charge on any atom is -0.492 e. The van der Waals surface area contributed by atoms with Crippen LogP contribution in [0.15, 0.2) is 54.2 Å². The van der Waals surface area contributed by atoms with E-state index in [2.05, 4.69) is 21.5 Å². The Bertz CT molecular complexity index is 1080. The number of carbonyl (C=O) groups is 1. The Morgan fingerprint density at radius 1 is 1.26 bits per heavy atom. The molecule has 1 aromatic heterocycles. The van der Waals surface area contributed by atoms with Crippen molar-refractivity contribution in [2.24, 2.45) is 10.4 Å². The number of esters is 1. The Labute approximate surface area is 196 Å². The van der Waals surface area contributed by atoms with Crippen molar-refractivity contribution in [1.82, 2.24) is 9.97 Å². The third-order valence-electron chi connectivity index (χ3n) is 5.72. The maximum Gasteiger partial charge on any atom is 0.399 e. The topological polar surface area (TPSA) is 76.6 Å². The van der Waals surface area contributed by atoms with Crippen LogP contribution in [0.2, 0.25) is 0 Å². The predicted molar refractivity (Wildman–Crippen MR) is 124 cm³/mol. The highest BCUT2D eigenvalue weighted by Crippen LogP contribution is 2.58. The number of alkyl halides is 3. The third-order valence-corrected chi connectivity index (χ3v) is 5.72. The van der Waals surface area contributed by atoms with Crippen molar-refractivity contribution in [2.75, 3.05) is 13.7 Å². The standard InChI is InChI=1S/C25H28F3N3O3/c1-5-6-19(17-7-9-18(10-8-17)34-16-23(2,3)22(32)33-4)29-14-11-21-30-15-20(31-21)24(12-13-24)25(26,27)28/h5-10,14-15H,1,11-13,16H2,2-4H3,(H,30,31)/b19-6-,29-14-. The maximum atomic E-state index is 13.3. The van der Waals surface area contributed by atoms with Gasteiger partial charge >= 0.3 is 12.1 Å². The normalized spacial score (nSPS) is 15.9. The Kier molecular flexibility index (Phi) is 7.33. The predicted octanol–water partition coefficient (Wildman–Crippen LogP) is 5.42. The van der Waals surface area contributed by atoms with E-state index in [0.29, 0.717) is 17.3 Å². The van der Waals surface area contributed by atoms with Crippen molar-refractivity contribution >= 4 is 17.9 Å². The molecule has 6 nitrogen and oxygen atoms in total. The monoisotopic (exact) mass is 475 g/mol. The molecule has 3 rings (SSSR count). The fourth-order valence-corrected chi connectivity index (χ4v) is 3.42. The molecule has 0 saturated heterocycles. The number of H-pyrrole nitrogens is 1. The molecule has 0 aliphatic heterocycles. The maximum absolute atomic E-state index is 13.3. The summed E-state index contributed by atoms with van der Waals surface area (Å²) in [6.07, 6.45) is 2.32. The smallest absolute Gasteiger partial charge is 0.399 e. The van der Waals surface area contributed by atoms with Gasteiger partial charge in [-0.25, -0.2) is 4.98 Å². The number of methoxy groups -OCH3 is 1. The molecule has 34 heavy (non-hydrogen) atoms. The Morgan fingerprint density at radius 2 is 1.94 bits per heavy atom. The zero-order chi connectivity index (χ0) is 25.0. The van der Waals surface area contributed by atoms with Crippen LogP contribution in [0.25, 0.3) is 5.70 Å². The molecule has 2 aromatic rings. The summed E-state index contributed by atoms with van der Waals surface area (Å²) in [5.41, 5.74) is -1.03. The highest BCUT2D eigenvalue weighted by molar-refractivity contribution is 5.76. The van der Waals surface area contributed by atoms with Crippen LogP contribution in [0.3, 0.4) is 0 Å². The van der Waals surface area contributed by atoms with E-state index in [0.717, 1.165) is 5.56 Å². The first-order chi connectivity index (χ1) is 16.0. The van der Waals surface area contributed by atoms with Crippen LogP contribution in [0.1, 0.15) is 43.8 Å². The van der Waals surface area contributed by atoms with Crippen LogP contribution in [0, 0.1) is 5.41 Å². The van der Waals surface area contributed by atoms with Gasteiger partial charge in [-0.3, -0.25) is 9.79 Å². The molecule has 1 N–H and O–H groups in total. The number of aromatic amines is 1. The van der Waals surface area contributed by atoms with Gasteiger partial charge in [0, 0.05) is 24.4 Å². The molecule has 0 amide bonds. The second-order valence-corrected chi connectivity index (χ2v) is 8.82. The van der Waals surface area contributed by atoms with Gasteiger partial charge in [-0.2, -0.15) is 13.2 Å². The number of aromatic nitrogens is 2. The van der Waals surface area contributed by atoms with Crippen molar-refractivity contribution < 1.29 is 27.4 Å². The number of nitrogens with one attached hydrogen (secondary N) is 1. The molecular formula is C25H28F3N3O3. The average Bonchev–Trinajstić information content (AvgIpc) is 3.50. The lowest BCUT2D eigenvalue weighted by atomic mass is 9.95. The van der Waals surface area contributed by atoms with Gasteiger partial charge in [-0.05, 0) is 57.0 Å². The lowest BCUT2D eigenvalue weighted by Gasteiger charge is -2.21. The molecule has 1 aliphatic rings. The molecule has 9 heteroatoms. The first-order valence-corrected chi connectivity index (χ1v) is 10.8. The molecule has 1 fully saturated rings. The quantitative estimate of drug-likeness (QED) is 0.283. The molecule has 1 aromatic carbocycles. The molecule has 0 radical (unpaired) electrons. The number of carbonyl (C=O) groups excluding carboxylic acids is 1. The molecule has 1 heterocycles. The van der Waals surface area contributed by atoms with Gasteiger partial charge in [-0.1, -0.05) is 12.7 Å². The van der Waals surface area contributed by atoms with E-state index in [-0.39, 0.29) is 37.5 Å². The van der Waals surface area contributed by atoms with Crippen LogP contribution in [-0.4, -0.2) is 42.0 Å². The number of rotatable bonds is 10. The summed E-state index contributed by atoms with van der Waals surface area (Å²) in [6.45, 7) is 7.34. The van der Waals surface area contributed by atoms with Crippen molar-refractivity contribution in [3.05, 3.63) is 66.3 Å². The van der Waals surface area contributed by atoms with Gasteiger partial charge in [0.25, 0.3) is 0 Å². The number of hydrogen-bond acceptors (Lipinski definition) is 5. The second-order valence-electron chi connectivity index (χ2n) is 8.82. The van der Waals surface area contributed by atoms with E-state index in [4.69, 9.17) is 9.47 Å². The van der Waals surface area contributed by atoms with Gasteiger partial charge in [0.1, 0.15) is 23.6 Å². The molecule has 0 bridgehead atoms. The fourth-order valence-electron chi connectivity index (χ4n) is 3.42. The van der Waals surface area contributed by atoms with E-state index >= 15 is 0 Å². The Balaban J connectivity index is 1.63. The minimum atomic E-state index is -4.28. The number of ether oxygens (including phenoxy) is 2. The van der Waals surface area contributed by atoms with Gasteiger partial charge in [0.15, 0.2) is 0 Å². The zero-order valence-electron chi connectivity index (χ0n) is 19.4. The molecule has 0 atom stereocenters. The third kappa shape index (κ3) is 5.58. The summed E-state index contributed by atoms with van der Waals surface area (Å²) < 4.78 is 50.4. The Hall–Kier alpha value is -3.36. The van der Waals surface area contributed by atoms with Crippen molar-refractivity contribution in [3.63, 3.8) is 0 Å². The zero-order valence-corrected chi connectivity index (χ0v) is 19.4. The van der Waals surface area contributed by atoms with Crippen LogP contribution < -0.4 is 4.74 Å². The number of benzene rings is 1. The number of nitrogens with zero attached hydrogens (tertiary/aromatic N) is 2. The molecule has 1 aliphatic carbocycles. The highest BCUT2D eigenvalue weighted by Gasteiger charge is 2.65. The van der Waals surface area contributed by atoms with E-state index in [1.165, 1.54) is 13.3 Å². The summed E-state index contributed by atoms with van der Waals surface area (Å²) in [5.74, 6) is 0.651. The first kappa shape index (κ1) is 25.3. The SMILES string of the molecule is C=C/C=C(\N=C/Cc1ncc(C2(C(F)(F)F)CC2)[nH]1)c1ccc(OCC(C)(C)C(=O)OC)cc1. The average molecular weight is 476 g/mol. The molecular weight excluding hydrogens is 447 g/mol. The number of imidazole rings is 1. The summed E-state index contributed by atoms with van der Waals surface area (Å²) in [7, 11) is 1.34. The van der Waals surface area contributed by atoms with E-state index in [1.54, 1.807) is 44.3 Å². The van der Waals surface area contributed by atoms with Crippen LogP contribution in [-0.2, 0) is 21.4 Å². The van der Waals surface area contributed by atoms with E-state index in [9.17, 15) is 18.0 Å². The van der Waals surface area contributed by atoms with Crippen LogP contribution >= 0.6 is 0 Å². The largest absolute Gasteiger partial charge is 0.492 e. The minimum absolute atomic E-state index is 0.0817. The first-order valence-electron chi connectivity index (χ1n) is 10.8. The van der Waals surface area contributed by atoms with Gasteiger partial charge in [0.05, 0.1) is 23.9 Å². The Morgan fingerprint density at radius 3 is 2.50 bits per heavy atom. The number of hydrogen-bond donors (Lipinski definition) is 1. The van der Waals surface area contributed by atoms with Crippen molar-refractivity contribution in [3.8, 4) is 5.75 Å². The number of allylic oxidation sites excluding steroid dienone is 2. The highest BCUT2D eigenvalue weighted by atomic mass is 19.4.